The second kappa shape index (κ2) is 3.55. The molecule has 2 aliphatic rings. The molecule has 17 heavy (non-hydrogen) atoms. The fraction of sp³-hybridized carbons (Fsp3) is 0.667. The first-order chi connectivity index (χ1) is 8.07. The van der Waals surface area contributed by atoms with E-state index in [-0.39, 0.29) is 11.3 Å². The van der Waals surface area contributed by atoms with Gasteiger partial charge in [0.1, 0.15) is 0 Å². The first-order valence-electron chi connectivity index (χ1n) is 6.73. The van der Waals surface area contributed by atoms with E-state index in [9.17, 15) is 5.11 Å². The summed E-state index contributed by atoms with van der Waals surface area (Å²) in [5, 5.41) is 11.1. The molecule has 1 aromatic rings. The molecule has 1 aromatic heterocycles. The smallest absolute Gasteiger partial charge is 0.0784 e. The number of rotatable bonds is 0. The van der Waals surface area contributed by atoms with Gasteiger partial charge in [0, 0.05) is 23.2 Å². The minimum absolute atomic E-state index is 0.0424. The molecule has 2 nitrogen and oxygen atoms in total. The van der Waals surface area contributed by atoms with Crippen molar-refractivity contribution in [2.24, 2.45) is 5.41 Å². The van der Waals surface area contributed by atoms with Gasteiger partial charge in [-0.25, -0.2) is 0 Å². The number of pyridine rings is 1. The van der Waals surface area contributed by atoms with Crippen molar-refractivity contribution in [2.75, 3.05) is 0 Å². The summed E-state index contributed by atoms with van der Waals surface area (Å²) in [6.45, 7) is 4.41. The molecule has 0 amide bonds. The Hall–Kier alpha value is -0.890. The Bertz CT molecular complexity index is 444. The van der Waals surface area contributed by atoms with Crippen LogP contribution >= 0.6 is 0 Å². The van der Waals surface area contributed by atoms with E-state index in [1.807, 2.05) is 12.3 Å². The summed E-state index contributed by atoms with van der Waals surface area (Å²) in [5.41, 5.74) is 1.95. The molecule has 92 valence electrons. The predicted octanol–water partition coefficient (Wildman–Crippen LogP) is 3.05. The molecule has 1 saturated carbocycles. The van der Waals surface area contributed by atoms with E-state index in [4.69, 9.17) is 0 Å². The molecule has 1 heterocycles. The summed E-state index contributed by atoms with van der Waals surface area (Å²) in [6.07, 6.45) is 7.31. The van der Waals surface area contributed by atoms with Crippen LogP contribution in [-0.2, 0) is 6.42 Å². The molecule has 1 N–H and O–H groups in total. The Kier molecular flexibility index (Phi) is 2.34. The van der Waals surface area contributed by atoms with Crippen molar-refractivity contribution in [3.05, 3.63) is 29.6 Å². The third kappa shape index (κ3) is 1.40. The Labute approximate surface area is 103 Å². The first-order valence-corrected chi connectivity index (χ1v) is 6.73. The molecule has 3 atom stereocenters. The monoisotopic (exact) mass is 231 g/mol. The first kappa shape index (κ1) is 11.2. The number of nitrogens with zero attached hydrogens (tertiary/aromatic N) is 1. The summed E-state index contributed by atoms with van der Waals surface area (Å²) in [6, 6.07) is 4.19. The highest BCUT2D eigenvalue weighted by molar-refractivity contribution is 5.33. The minimum Gasteiger partial charge on any atom is -0.389 e. The fourth-order valence-electron chi connectivity index (χ4n) is 4.05. The zero-order valence-corrected chi connectivity index (χ0v) is 10.7. The Morgan fingerprint density at radius 2 is 2.12 bits per heavy atom. The van der Waals surface area contributed by atoms with E-state index in [1.54, 1.807) is 0 Å². The molecule has 0 saturated heterocycles. The number of aromatic nitrogens is 1. The van der Waals surface area contributed by atoms with Gasteiger partial charge < -0.3 is 5.11 Å². The summed E-state index contributed by atoms with van der Waals surface area (Å²) < 4.78 is 0. The number of aliphatic hydroxyl groups is 1. The lowest BCUT2D eigenvalue weighted by molar-refractivity contribution is -0.129. The zero-order valence-electron chi connectivity index (χ0n) is 10.7. The highest BCUT2D eigenvalue weighted by atomic mass is 16.3. The van der Waals surface area contributed by atoms with Gasteiger partial charge in [-0.3, -0.25) is 4.98 Å². The van der Waals surface area contributed by atoms with Crippen molar-refractivity contribution < 1.29 is 5.11 Å². The van der Waals surface area contributed by atoms with Gasteiger partial charge in [0.05, 0.1) is 5.60 Å². The van der Waals surface area contributed by atoms with Crippen molar-refractivity contribution >= 4 is 0 Å². The van der Waals surface area contributed by atoms with E-state index in [1.165, 1.54) is 12.0 Å². The highest BCUT2D eigenvalue weighted by Gasteiger charge is 2.55. The van der Waals surface area contributed by atoms with Crippen LogP contribution in [0.5, 0.6) is 0 Å². The third-order valence-electron chi connectivity index (χ3n) is 5.21. The van der Waals surface area contributed by atoms with Gasteiger partial charge in [0.2, 0.25) is 0 Å². The van der Waals surface area contributed by atoms with Gasteiger partial charge in [-0.1, -0.05) is 32.8 Å². The van der Waals surface area contributed by atoms with Crippen LogP contribution in [0.2, 0.25) is 0 Å². The normalized spacial score (nSPS) is 40.5. The topological polar surface area (TPSA) is 33.1 Å². The van der Waals surface area contributed by atoms with Gasteiger partial charge in [0.25, 0.3) is 0 Å². The summed E-state index contributed by atoms with van der Waals surface area (Å²) >= 11 is 0. The molecule has 0 radical (unpaired) electrons. The Morgan fingerprint density at radius 3 is 2.94 bits per heavy atom. The van der Waals surface area contributed by atoms with Gasteiger partial charge in [-0.05, 0) is 30.9 Å². The van der Waals surface area contributed by atoms with Crippen molar-refractivity contribution in [2.45, 2.75) is 57.5 Å². The lowest BCUT2D eigenvalue weighted by atomic mass is 9.53. The Balaban J connectivity index is 2.13. The molecule has 1 fully saturated rings. The zero-order chi connectivity index (χ0) is 12.1. The average Bonchev–Trinajstić information content (AvgIpc) is 2.32. The molecule has 0 bridgehead atoms. The maximum atomic E-state index is 11.1. The SMILES string of the molecule is C[C@H]1c2ncccc2C[C@]2(C)CCCC[C@]12O. The maximum Gasteiger partial charge on any atom is 0.0784 e. The van der Waals surface area contributed by atoms with Crippen molar-refractivity contribution in [3.63, 3.8) is 0 Å². The summed E-state index contributed by atoms with van der Waals surface area (Å²) in [5.74, 6) is 0.165. The van der Waals surface area contributed by atoms with Gasteiger partial charge in [-0.2, -0.15) is 0 Å². The van der Waals surface area contributed by atoms with Crippen molar-refractivity contribution in [3.8, 4) is 0 Å². The molecule has 0 aromatic carbocycles. The van der Waals surface area contributed by atoms with E-state index >= 15 is 0 Å². The van der Waals surface area contributed by atoms with E-state index in [2.05, 4.69) is 24.9 Å². The second-order valence-corrected chi connectivity index (χ2v) is 6.14. The summed E-state index contributed by atoms with van der Waals surface area (Å²) in [4.78, 5) is 4.51. The van der Waals surface area contributed by atoms with Crippen molar-refractivity contribution in [1.82, 2.24) is 4.98 Å². The Morgan fingerprint density at radius 1 is 1.35 bits per heavy atom. The van der Waals surface area contributed by atoms with E-state index < -0.39 is 5.60 Å². The van der Waals surface area contributed by atoms with Gasteiger partial charge in [0.15, 0.2) is 0 Å². The lowest BCUT2D eigenvalue weighted by Gasteiger charge is -2.55. The molecular formula is C15H21NO. The van der Waals surface area contributed by atoms with Crippen LogP contribution in [0.1, 0.15) is 56.7 Å². The van der Waals surface area contributed by atoms with Crippen LogP contribution < -0.4 is 0 Å². The molecule has 2 heteroatoms. The maximum absolute atomic E-state index is 11.1. The van der Waals surface area contributed by atoms with Crippen molar-refractivity contribution in [1.29, 1.82) is 0 Å². The molecule has 0 aliphatic heterocycles. The second-order valence-electron chi connectivity index (χ2n) is 6.14. The highest BCUT2D eigenvalue weighted by Crippen LogP contribution is 2.56. The van der Waals surface area contributed by atoms with Crippen LogP contribution in [0.15, 0.2) is 18.3 Å². The molecule has 0 spiro atoms. The summed E-state index contributed by atoms with van der Waals surface area (Å²) in [7, 11) is 0. The van der Waals surface area contributed by atoms with Gasteiger partial charge >= 0.3 is 0 Å². The lowest BCUT2D eigenvalue weighted by Crippen LogP contribution is -2.56. The van der Waals surface area contributed by atoms with E-state index in [0.29, 0.717) is 0 Å². The van der Waals surface area contributed by atoms with Crippen LogP contribution in [0.25, 0.3) is 0 Å². The number of hydrogen-bond donors (Lipinski definition) is 1. The third-order valence-corrected chi connectivity index (χ3v) is 5.21. The van der Waals surface area contributed by atoms with Crippen LogP contribution in [0.4, 0.5) is 0 Å². The number of fused-ring (bicyclic) bond motifs is 2. The standard InChI is InChI=1S/C15H21NO/c1-11-13-12(6-5-9-16-13)10-14(2)7-3-4-8-15(11,14)17/h5-6,9,11,17H,3-4,7-8,10H2,1-2H3/t11-,14-,15-/m0/s1. The largest absolute Gasteiger partial charge is 0.389 e. The average molecular weight is 231 g/mol. The van der Waals surface area contributed by atoms with Crippen LogP contribution in [0, 0.1) is 5.41 Å². The number of hydrogen-bond acceptors (Lipinski definition) is 2. The quantitative estimate of drug-likeness (QED) is 0.744. The molecular weight excluding hydrogens is 210 g/mol. The molecule has 2 aliphatic carbocycles. The van der Waals surface area contributed by atoms with E-state index in [0.717, 1.165) is 31.4 Å². The molecule has 3 rings (SSSR count). The van der Waals surface area contributed by atoms with Gasteiger partial charge in [-0.15, -0.1) is 0 Å². The minimum atomic E-state index is -0.549. The predicted molar refractivity (Wildman–Crippen MR) is 67.9 cm³/mol. The fourth-order valence-corrected chi connectivity index (χ4v) is 4.05. The molecule has 0 unspecified atom stereocenters. The van der Waals surface area contributed by atoms with Crippen LogP contribution in [-0.4, -0.2) is 15.7 Å². The van der Waals surface area contributed by atoms with Crippen LogP contribution in [0.3, 0.4) is 0 Å².